The van der Waals surface area contributed by atoms with Crippen molar-refractivity contribution in [3.05, 3.63) is 94.7 Å². The van der Waals surface area contributed by atoms with Gasteiger partial charge in [-0.05, 0) is 82.7 Å². The Morgan fingerprint density at radius 1 is 1.15 bits per heavy atom. The standard InChI is InChI=1S/C30H28BrFN4O3S/c1-30(2,3)28(37)34-21-11-9-18(16-25(21)38-4)36-27(26(35-29(36)40)22-7-5-6-14-33-22)24-13-12-23(39-24)19-10-8-17(32)15-20(19)31/h5-16,26-27H,1-4H3,(H,34,37)(H,35,40). The van der Waals surface area contributed by atoms with Gasteiger partial charge in [-0.1, -0.05) is 26.8 Å². The van der Waals surface area contributed by atoms with E-state index >= 15 is 0 Å². The first kappa shape index (κ1) is 27.8. The van der Waals surface area contributed by atoms with Gasteiger partial charge in [-0.25, -0.2) is 4.39 Å². The fraction of sp³-hybridized carbons (Fsp3) is 0.233. The molecule has 0 aliphatic carbocycles. The van der Waals surface area contributed by atoms with E-state index < -0.39 is 11.5 Å². The minimum atomic E-state index is -0.568. The van der Waals surface area contributed by atoms with Crippen LogP contribution in [0, 0.1) is 11.2 Å². The molecule has 1 fully saturated rings. The molecule has 2 aromatic carbocycles. The van der Waals surface area contributed by atoms with Gasteiger partial charge in [0.1, 0.15) is 29.1 Å². The lowest BCUT2D eigenvalue weighted by molar-refractivity contribution is -0.123. The molecule has 4 aromatic rings. The number of pyridine rings is 1. The van der Waals surface area contributed by atoms with Crippen molar-refractivity contribution in [2.45, 2.75) is 32.9 Å². The average Bonchev–Trinajstić information content (AvgIpc) is 3.53. The van der Waals surface area contributed by atoms with Crippen LogP contribution in [0.1, 0.15) is 44.3 Å². The molecule has 3 heterocycles. The minimum Gasteiger partial charge on any atom is -0.494 e. The number of carbonyl (C=O) groups excluding carboxylic acids is 1. The Morgan fingerprint density at radius 3 is 2.62 bits per heavy atom. The number of halogens is 2. The van der Waals surface area contributed by atoms with E-state index in [9.17, 15) is 9.18 Å². The van der Waals surface area contributed by atoms with Gasteiger partial charge in [-0.2, -0.15) is 0 Å². The topological polar surface area (TPSA) is 79.6 Å². The Kier molecular flexibility index (Phi) is 7.65. The van der Waals surface area contributed by atoms with Crippen molar-refractivity contribution in [1.82, 2.24) is 10.3 Å². The zero-order chi connectivity index (χ0) is 28.6. The van der Waals surface area contributed by atoms with Crippen LogP contribution in [0.4, 0.5) is 15.8 Å². The van der Waals surface area contributed by atoms with Gasteiger partial charge < -0.3 is 24.7 Å². The molecule has 1 aliphatic heterocycles. The number of aromatic nitrogens is 1. The highest BCUT2D eigenvalue weighted by Gasteiger charge is 2.43. The molecule has 0 saturated carbocycles. The molecular formula is C30H28BrFN4O3S. The molecule has 2 unspecified atom stereocenters. The highest BCUT2D eigenvalue weighted by atomic mass is 79.9. The van der Waals surface area contributed by atoms with Crippen LogP contribution in [0.2, 0.25) is 0 Å². The Hall–Kier alpha value is -3.76. The molecule has 40 heavy (non-hydrogen) atoms. The van der Waals surface area contributed by atoms with Crippen LogP contribution in [0.25, 0.3) is 11.3 Å². The zero-order valence-electron chi connectivity index (χ0n) is 22.4. The van der Waals surface area contributed by atoms with Gasteiger partial charge in [-0.15, -0.1) is 0 Å². The zero-order valence-corrected chi connectivity index (χ0v) is 24.8. The number of anilines is 2. The van der Waals surface area contributed by atoms with Crippen LogP contribution < -0.4 is 20.3 Å². The summed E-state index contributed by atoms with van der Waals surface area (Å²) in [5.41, 5.74) is 2.25. The summed E-state index contributed by atoms with van der Waals surface area (Å²) >= 11 is 9.27. The van der Waals surface area contributed by atoms with Gasteiger partial charge in [0, 0.05) is 33.4 Å². The minimum absolute atomic E-state index is 0.125. The summed E-state index contributed by atoms with van der Waals surface area (Å²) in [7, 11) is 1.56. The van der Waals surface area contributed by atoms with Crippen molar-refractivity contribution < 1.29 is 18.3 Å². The van der Waals surface area contributed by atoms with Gasteiger partial charge in [0.05, 0.1) is 24.5 Å². The second kappa shape index (κ2) is 11.0. The van der Waals surface area contributed by atoms with E-state index in [2.05, 4.69) is 31.5 Å². The second-order valence-electron chi connectivity index (χ2n) is 10.4. The molecular weight excluding hydrogens is 595 g/mol. The third-order valence-corrected chi connectivity index (χ3v) is 7.58. The monoisotopic (exact) mass is 622 g/mol. The predicted molar refractivity (Wildman–Crippen MR) is 161 cm³/mol. The number of methoxy groups -OCH3 is 1. The Bertz CT molecular complexity index is 1570. The molecule has 7 nitrogen and oxygen atoms in total. The molecule has 1 saturated heterocycles. The summed E-state index contributed by atoms with van der Waals surface area (Å²) in [6.07, 6.45) is 1.73. The fourth-order valence-corrected chi connectivity index (χ4v) is 5.40. The van der Waals surface area contributed by atoms with Crippen LogP contribution in [0.3, 0.4) is 0 Å². The van der Waals surface area contributed by atoms with Crippen molar-refractivity contribution in [2.24, 2.45) is 5.41 Å². The number of hydrogen-bond donors (Lipinski definition) is 2. The van der Waals surface area contributed by atoms with Gasteiger partial charge in [0.25, 0.3) is 0 Å². The molecule has 1 amide bonds. The maximum Gasteiger partial charge on any atom is 0.229 e. The first-order valence-electron chi connectivity index (χ1n) is 12.6. The summed E-state index contributed by atoms with van der Waals surface area (Å²) in [5.74, 6) is 1.24. The number of thiocarbonyl (C=S) groups is 1. The maximum absolute atomic E-state index is 13.7. The van der Waals surface area contributed by atoms with Crippen molar-refractivity contribution >= 4 is 50.5 Å². The second-order valence-corrected chi connectivity index (χ2v) is 11.7. The Labute approximate surface area is 245 Å². The number of hydrogen-bond acceptors (Lipinski definition) is 5. The molecule has 206 valence electrons. The van der Waals surface area contributed by atoms with E-state index in [1.807, 2.05) is 68.1 Å². The lowest BCUT2D eigenvalue weighted by Gasteiger charge is -2.27. The highest BCUT2D eigenvalue weighted by molar-refractivity contribution is 9.10. The highest BCUT2D eigenvalue weighted by Crippen LogP contribution is 2.45. The number of rotatable bonds is 6. The lowest BCUT2D eigenvalue weighted by Crippen LogP contribution is -2.30. The predicted octanol–water partition coefficient (Wildman–Crippen LogP) is 7.41. The number of benzene rings is 2. The molecule has 10 heteroatoms. The summed E-state index contributed by atoms with van der Waals surface area (Å²) in [5, 5.41) is 6.83. The number of ether oxygens (including phenoxy) is 1. The van der Waals surface area contributed by atoms with E-state index in [1.165, 1.54) is 12.1 Å². The van der Waals surface area contributed by atoms with Crippen molar-refractivity contribution in [2.75, 3.05) is 17.3 Å². The van der Waals surface area contributed by atoms with E-state index in [4.69, 9.17) is 21.4 Å². The smallest absolute Gasteiger partial charge is 0.229 e. The van der Waals surface area contributed by atoms with Gasteiger partial charge >= 0.3 is 0 Å². The van der Waals surface area contributed by atoms with Crippen LogP contribution in [-0.2, 0) is 4.79 Å². The van der Waals surface area contributed by atoms with Crippen LogP contribution in [-0.4, -0.2) is 23.1 Å². The molecule has 0 radical (unpaired) electrons. The average molecular weight is 624 g/mol. The summed E-state index contributed by atoms with van der Waals surface area (Å²) in [6, 6.07) is 18.7. The number of amides is 1. The number of furan rings is 1. The number of carbonyl (C=O) groups is 1. The molecule has 0 bridgehead atoms. The van der Waals surface area contributed by atoms with E-state index in [1.54, 1.807) is 25.4 Å². The molecule has 2 atom stereocenters. The molecule has 2 aromatic heterocycles. The Morgan fingerprint density at radius 2 is 1.95 bits per heavy atom. The van der Waals surface area contributed by atoms with Crippen LogP contribution in [0.15, 0.2) is 81.8 Å². The number of nitrogens with zero attached hydrogens (tertiary/aromatic N) is 2. The first-order valence-corrected chi connectivity index (χ1v) is 13.8. The van der Waals surface area contributed by atoms with Crippen LogP contribution in [0.5, 0.6) is 5.75 Å². The van der Waals surface area contributed by atoms with Gasteiger partial charge in [0.2, 0.25) is 5.91 Å². The third-order valence-electron chi connectivity index (χ3n) is 6.61. The molecule has 0 spiro atoms. The van der Waals surface area contributed by atoms with Gasteiger partial charge in [-0.3, -0.25) is 9.78 Å². The molecule has 5 rings (SSSR count). The summed E-state index contributed by atoms with van der Waals surface area (Å²) < 4.78 is 26.4. The van der Waals surface area contributed by atoms with Gasteiger partial charge in [0.15, 0.2) is 5.11 Å². The Balaban J connectivity index is 1.57. The largest absolute Gasteiger partial charge is 0.494 e. The SMILES string of the molecule is COc1cc(N2C(=S)NC(c3ccccn3)C2c2ccc(-c3ccc(F)cc3Br)o2)ccc1NC(=O)C(C)(C)C. The van der Waals surface area contributed by atoms with Crippen molar-refractivity contribution in [3.63, 3.8) is 0 Å². The van der Waals surface area contributed by atoms with Crippen molar-refractivity contribution in [1.29, 1.82) is 0 Å². The number of nitrogens with one attached hydrogen (secondary N) is 2. The van der Waals surface area contributed by atoms with Crippen molar-refractivity contribution in [3.8, 4) is 17.1 Å². The normalized spacial score (nSPS) is 17.1. The van der Waals surface area contributed by atoms with E-state index in [0.29, 0.717) is 32.5 Å². The van der Waals surface area contributed by atoms with Crippen LogP contribution >= 0.6 is 28.1 Å². The molecule has 1 aliphatic rings. The quantitative estimate of drug-likeness (QED) is 0.217. The van der Waals surface area contributed by atoms with E-state index in [0.717, 1.165) is 16.9 Å². The first-order chi connectivity index (χ1) is 19.1. The molecule has 2 N–H and O–H groups in total. The fourth-order valence-electron chi connectivity index (χ4n) is 4.51. The third kappa shape index (κ3) is 5.46. The van der Waals surface area contributed by atoms with E-state index in [-0.39, 0.29) is 17.8 Å². The lowest BCUT2D eigenvalue weighted by atomic mass is 9.95. The maximum atomic E-state index is 13.7. The summed E-state index contributed by atoms with van der Waals surface area (Å²) in [6.45, 7) is 5.55. The summed E-state index contributed by atoms with van der Waals surface area (Å²) in [4.78, 5) is 19.2.